The Morgan fingerprint density at radius 1 is 1.25 bits per heavy atom. The van der Waals surface area contributed by atoms with Crippen molar-refractivity contribution in [2.24, 2.45) is 11.7 Å². The molecule has 0 saturated carbocycles. The molecule has 1 saturated heterocycles. The lowest BCUT2D eigenvalue weighted by molar-refractivity contribution is -0.234. The maximum absolute atomic E-state index is 5.97. The summed E-state index contributed by atoms with van der Waals surface area (Å²) < 4.78 is 11.5. The van der Waals surface area contributed by atoms with E-state index < -0.39 is 0 Å². The molecule has 1 unspecified atom stereocenters. The number of rotatable bonds is 2. The largest absolute Gasteiger partial charge is 0.347 e. The van der Waals surface area contributed by atoms with Crippen molar-refractivity contribution in [2.45, 2.75) is 32.3 Å². The molecule has 88 valence electrons. The van der Waals surface area contributed by atoms with Crippen molar-refractivity contribution in [3.8, 4) is 0 Å². The molecular weight excluding hydrogens is 202 g/mol. The van der Waals surface area contributed by atoms with Crippen LogP contribution in [0.25, 0.3) is 0 Å². The SMILES string of the molecule is CC(C)C1O[C@H](c2ccccc2)OC[C@H]1N. The van der Waals surface area contributed by atoms with Crippen LogP contribution in [0.15, 0.2) is 30.3 Å². The zero-order chi connectivity index (χ0) is 11.5. The van der Waals surface area contributed by atoms with Crippen molar-refractivity contribution in [2.75, 3.05) is 6.61 Å². The van der Waals surface area contributed by atoms with Crippen LogP contribution in [-0.4, -0.2) is 18.8 Å². The van der Waals surface area contributed by atoms with Crippen molar-refractivity contribution in [3.63, 3.8) is 0 Å². The van der Waals surface area contributed by atoms with Gasteiger partial charge in [-0.05, 0) is 5.92 Å². The number of hydrogen-bond acceptors (Lipinski definition) is 3. The van der Waals surface area contributed by atoms with Gasteiger partial charge in [0.2, 0.25) is 0 Å². The zero-order valence-electron chi connectivity index (χ0n) is 9.80. The second-order valence-electron chi connectivity index (χ2n) is 4.58. The zero-order valence-corrected chi connectivity index (χ0v) is 9.80. The number of ether oxygens (including phenoxy) is 2. The van der Waals surface area contributed by atoms with Gasteiger partial charge >= 0.3 is 0 Å². The number of nitrogens with two attached hydrogens (primary N) is 1. The first-order valence-electron chi connectivity index (χ1n) is 5.76. The predicted molar refractivity (Wildman–Crippen MR) is 62.8 cm³/mol. The molecule has 0 amide bonds. The molecule has 2 rings (SSSR count). The summed E-state index contributed by atoms with van der Waals surface area (Å²) in [6, 6.07) is 9.96. The Kier molecular flexibility index (Phi) is 3.59. The lowest BCUT2D eigenvalue weighted by Crippen LogP contribution is -2.48. The second-order valence-corrected chi connectivity index (χ2v) is 4.58. The van der Waals surface area contributed by atoms with Crippen molar-refractivity contribution < 1.29 is 9.47 Å². The van der Waals surface area contributed by atoms with Gasteiger partial charge in [-0.15, -0.1) is 0 Å². The first-order chi connectivity index (χ1) is 7.68. The van der Waals surface area contributed by atoms with E-state index in [0.29, 0.717) is 12.5 Å². The fourth-order valence-corrected chi connectivity index (χ4v) is 2.01. The van der Waals surface area contributed by atoms with E-state index in [-0.39, 0.29) is 18.4 Å². The van der Waals surface area contributed by atoms with Gasteiger partial charge in [0.05, 0.1) is 18.8 Å². The molecular formula is C13H19NO2. The van der Waals surface area contributed by atoms with Gasteiger partial charge in [0, 0.05) is 5.56 Å². The molecule has 1 fully saturated rings. The maximum Gasteiger partial charge on any atom is 0.184 e. The molecule has 16 heavy (non-hydrogen) atoms. The van der Waals surface area contributed by atoms with Gasteiger partial charge in [-0.2, -0.15) is 0 Å². The van der Waals surface area contributed by atoms with Gasteiger partial charge in [0.15, 0.2) is 6.29 Å². The first-order valence-corrected chi connectivity index (χ1v) is 5.76. The quantitative estimate of drug-likeness (QED) is 0.831. The summed E-state index contributed by atoms with van der Waals surface area (Å²) in [7, 11) is 0. The highest BCUT2D eigenvalue weighted by molar-refractivity contribution is 5.16. The lowest BCUT2D eigenvalue weighted by Gasteiger charge is -2.37. The molecule has 0 bridgehead atoms. The Bertz CT molecular complexity index is 326. The molecule has 0 spiro atoms. The Hall–Kier alpha value is -0.900. The second kappa shape index (κ2) is 4.95. The van der Waals surface area contributed by atoms with Crippen LogP contribution in [-0.2, 0) is 9.47 Å². The molecule has 1 aliphatic heterocycles. The van der Waals surface area contributed by atoms with E-state index in [2.05, 4.69) is 13.8 Å². The van der Waals surface area contributed by atoms with Crippen LogP contribution < -0.4 is 5.73 Å². The third-order valence-corrected chi connectivity index (χ3v) is 2.87. The highest BCUT2D eigenvalue weighted by atomic mass is 16.7. The Balaban J connectivity index is 2.09. The van der Waals surface area contributed by atoms with Crippen molar-refractivity contribution in [1.82, 2.24) is 0 Å². The highest BCUT2D eigenvalue weighted by Crippen LogP contribution is 2.28. The van der Waals surface area contributed by atoms with E-state index in [0.717, 1.165) is 5.56 Å². The summed E-state index contributed by atoms with van der Waals surface area (Å²) in [5, 5.41) is 0. The fourth-order valence-electron chi connectivity index (χ4n) is 2.01. The van der Waals surface area contributed by atoms with Crippen LogP contribution in [0.3, 0.4) is 0 Å². The van der Waals surface area contributed by atoms with Crippen molar-refractivity contribution in [1.29, 1.82) is 0 Å². The van der Waals surface area contributed by atoms with Crippen LogP contribution in [0, 0.1) is 5.92 Å². The molecule has 1 aliphatic rings. The summed E-state index contributed by atoms with van der Waals surface area (Å²) in [5.74, 6) is 0.408. The van der Waals surface area contributed by atoms with E-state index in [1.54, 1.807) is 0 Å². The molecule has 0 radical (unpaired) electrons. The minimum Gasteiger partial charge on any atom is -0.347 e. The standard InChI is InChI=1S/C13H19NO2/c1-9(2)12-11(14)8-15-13(16-12)10-6-4-3-5-7-10/h3-7,9,11-13H,8,14H2,1-2H3/t11-,12?,13-/m1/s1. The average molecular weight is 221 g/mol. The molecule has 0 aliphatic carbocycles. The van der Waals surface area contributed by atoms with Crippen LogP contribution in [0.5, 0.6) is 0 Å². The Morgan fingerprint density at radius 3 is 2.56 bits per heavy atom. The van der Waals surface area contributed by atoms with Gasteiger partial charge in [-0.1, -0.05) is 44.2 Å². The van der Waals surface area contributed by atoms with E-state index in [9.17, 15) is 0 Å². The van der Waals surface area contributed by atoms with E-state index >= 15 is 0 Å². The number of hydrogen-bond donors (Lipinski definition) is 1. The van der Waals surface area contributed by atoms with Crippen LogP contribution in [0.2, 0.25) is 0 Å². The first kappa shape index (κ1) is 11.6. The summed E-state index contributed by atoms with van der Waals surface area (Å²) in [6.45, 7) is 4.80. The minimum atomic E-state index is -0.270. The monoisotopic (exact) mass is 221 g/mol. The van der Waals surface area contributed by atoms with Gasteiger partial charge in [-0.3, -0.25) is 0 Å². The third kappa shape index (κ3) is 2.43. The molecule has 1 heterocycles. The van der Waals surface area contributed by atoms with Crippen molar-refractivity contribution in [3.05, 3.63) is 35.9 Å². The summed E-state index contributed by atoms with van der Waals surface area (Å²) in [6.07, 6.45) is -0.202. The van der Waals surface area contributed by atoms with E-state index in [1.807, 2.05) is 30.3 Å². The van der Waals surface area contributed by atoms with Gasteiger partial charge < -0.3 is 15.2 Å². The number of benzene rings is 1. The molecule has 2 N–H and O–H groups in total. The average Bonchev–Trinajstić information content (AvgIpc) is 2.30. The molecule has 3 atom stereocenters. The lowest BCUT2D eigenvalue weighted by atomic mass is 9.99. The highest BCUT2D eigenvalue weighted by Gasteiger charge is 2.32. The predicted octanol–water partition coefficient (Wildman–Crippen LogP) is 2.08. The molecule has 3 nitrogen and oxygen atoms in total. The summed E-state index contributed by atoms with van der Waals surface area (Å²) in [5.41, 5.74) is 7.03. The topological polar surface area (TPSA) is 44.5 Å². The smallest absolute Gasteiger partial charge is 0.184 e. The summed E-state index contributed by atoms with van der Waals surface area (Å²) >= 11 is 0. The molecule has 3 heteroatoms. The minimum absolute atomic E-state index is 0.0278. The summed E-state index contributed by atoms with van der Waals surface area (Å²) in [4.78, 5) is 0. The van der Waals surface area contributed by atoms with Crippen molar-refractivity contribution >= 4 is 0 Å². The molecule has 1 aromatic rings. The van der Waals surface area contributed by atoms with Crippen LogP contribution in [0.4, 0.5) is 0 Å². The normalized spacial score (nSPS) is 30.6. The molecule has 0 aromatic heterocycles. The molecule has 1 aromatic carbocycles. The fraction of sp³-hybridized carbons (Fsp3) is 0.538. The van der Waals surface area contributed by atoms with Gasteiger partial charge in [-0.25, -0.2) is 0 Å². The van der Waals surface area contributed by atoms with E-state index in [1.165, 1.54) is 0 Å². The van der Waals surface area contributed by atoms with Crippen LogP contribution >= 0.6 is 0 Å². The third-order valence-electron chi connectivity index (χ3n) is 2.87. The van der Waals surface area contributed by atoms with Crippen LogP contribution in [0.1, 0.15) is 25.7 Å². The Morgan fingerprint density at radius 2 is 1.94 bits per heavy atom. The maximum atomic E-state index is 5.97. The van der Waals surface area contributed by atoms with Gasteiger partial charge in [0.1, 0.15) is 0 Å². The van der Waals surface area contributed by atoms with E-state index in [4.69, 9.17) is 15.2 Å². The van der Waals surface area contributed by atoms with Gasteiger partial charge in [0.25, 0.3) is 0 Å². The Labute approximate surface area is 96.5 Å².